The Balaban J connectivity index is 1.58. The molecule has 2 amide bonds. The summed E-state index contributed by atoms with van der Waals surface area (Å²) in [4.78, 5) is 39.8. The number of likely N-dealkylation sites (tertiary alicyclic amines) is 1. The minimum atomic E-state index is -0.230. The molecule has 2 aliphatic heterocycles. The van der Waals surface area contributed by atoms with Crippen molar-refractivity contribution in [2.24, 2.45) is 0 Å². The van der Waals surface area contributed by atoms with Gasteiger partial charge in [0.1, 0.15) is 11.5 Å². The second-order valence-corrected chi connectivity index (χ2v) is 6.77. The highest BCUT2D eigenvalue weighted by atomic mass is 16.5. The topological polar surface area (TPSA) is 80.1 Å². The van der Waals surface area contributed by atoms with Crippen molar-refractivity contribution in [2.75, 3.05) is 24.6 Å². The third-order valence-corrected chi connectivity index (χ3v) is 4.89. The molecule has 1 fully saturated rings. The number of ether oxygens (including phenoxy) is 1. The van der Waals surface area contributed by atoms with Gasteiger partial charge in [0.15, 0.2) is 18.2 Å². The maximum absolute atomic E-state index is 12.4. The molecule has 1 aromatic carbocycles. The van der Waals surface area contributed by atoms with Crippen molar-refractivity contribution in [1.29, 1.82) is 0 Å². The lowest BCUT2D eigenvalue weighted by atomic mass is 10.1. The van der Waals surface area contributed by atoms with Gasteiger partial charge in [-0.3, -0.25) is 19.3 Å². The number of anilines is 1. The SMILES string of the molecule is CC(=O)c1ccc2c(c1)N(Cc1ccc(C(=O)N3CCCC3)o1)C(=O)CO2. The zero-order valence-electron chi connectivity index (χ0n) is 15.1. The molecule has 2 aliphatic rings. The molecule has 7 heteroatoms. The predicted molar refractivity (Wildman–Crippen MR) is 97.0 cm³/mol. The smallest absolute Gasteiger partial charge is 0.289 e. The number of carbonyl (C=O) groups excluding carboxylic acids is 3. The molecule has 0 atom stereocenters. The van der Waals surface area contributed by atoms with E-state index in [2.05, 4.69) is 0 Å². The molecule has 0 aliphatic carbocycles. The van der Waals surface area contributed by atoms with E-state index in [0.29, 0.717) is 22.8 Å². The standard InChI is InChI=1S/C20H20N2O5/c1-13(23)14-4-6-17-16(10-14)22(19(24)12-26-17)11-15-5-7-18(27-15)20(25)21-8-2-3-9-21/h4-7,10H,2-3,8-9,11-12H2,1H3. The monoisotopic (exact) mass is 368 g/mol. The van der Waals surface area contributed by atoms with E-state index in [-0.39, 0.29) is 36.5 Å². The quantitative estimate of drug-likeness (QED) is 0.775. The number of benzene rings is 1. The number of nitrogens with zero attached hydrogens (tertiary/aromatic N) is 2. The molecule has 2 aromatic rings. The Kier molecular flexibility index (Phi) is 4.43. The molecular formula is C20H20N2O5. The van der Waals surface area contributed by atoms with Crippen molar-refractivity contribution in [2.45, 2.75) is 26.3 Å². The van der Waals surface area contributed by atoms with E-state index in [0.717, 1.165) is 25.9 Å². The second kappa shape index (κ2) is 6.90. The number of ketones is 1. The molecule has 1 aromatic heterocycles. The number of rotatable bonds is 4. The van der Waals surface area contributed by atoms with Gasteiger partial charge in [0.2, 0.25) is 0 Å². The van der Waals surface area contributed by atoms with E-state index in [1.54, 1.807) is 35.2 Å². The van der Waals surface area contributed by atoms with Crippen LogP contribution >= 0.6 is 0 Å². The maximum atomic E-state index is 12.4. The summed E-state index contributed by atoms with van der Waals surface area (Å²) in [5, 5.41) is 0. The van der Waals surface area contributed by atoms with Gasteiger partial charge >= 0.3 is 0 Å². The number of furan rings is 1. The average Bonchev–Trinajstić information content (AvgIpc) is 3.35. The molecule has 1 saturated heterocycles. The molecule has 0 unspecified atom stereocenters. The first-order chi connectivity index (χ1) is 13.0. The van der Waals surface area contributed by atoms with E-state index in [9.17, 15) is 14.4 Å². The number of Topliss-reactive ketones (excluding diaryl/α,β-unsaturated/α-hetero) is 1. The van der Waals surface area contributed by atoms with Gasteiger partial charge in [-0.1, -0.05) is 0 Å². The summed E-state index contributed by atoms with van der Waals surface area (Å²) in [5.74, 6) is 0.891. The Morgan fingerprint density at radius 2 is 1.89 bits per heavy atom. The van der Waals surface area contributed by atoms with Gasteiger partial charge in [-0.25, -0.2) is 0 Å². The Hall–Kier alpha value is -3.09. The fraction of sp³-hybridized carbons (Fsp3) is 0.350. The summed E-state index contributed by atoms with van der Waals surface area (Å²) in [6.07, 6.45) is 2.02. The van der Waals surface area contributed by atoms with Gasteiger partial charge in [-0.05, 0) is 50.1 Å². The van der Waals surface area contributed by atoms with Gasteiger partial charge in [0.25, 0.3) is 11.8 Å². The number of hydrogen-bond donors (Lipinski definition) is 0. The summed E-state index contributed by atoms with van der Waals surface area (Å²) in [6.45, 7) is 3.06. The number of fused-ring (bicyclic) bond motifs is 1. The molecule has 4 rings (SSSR count). The Bertz CT molecular complexity index is 911. The van der Waals surface area contributed by atoms with Crippen LogP contribution < -0.4 is 9.64 Å². The van der Waals surface area contributed by atoms with Gasteiger partial charge in [0.05, 0.1) is 12.2 Å². The van der Waals surface area contributed by atoms with Crippen LogP contribution in [0.1, 0.15) is 46.4 Å². The zero-order chi connectivity index (χ0) is 19.0. The highest BCUT2D eigenvalue weighted by molar-refractivity contribution is 6.01. The largest absolute Gasteiger partial charge is 0.482 e. The van der Waals surface area contributed by atoms with Crippen LogP contribution in [0.2, 0.25) is 0 Å². The van der Waals surface area contributed by atoms with Crippen molar-refractivity contribution in [3.8, 4) is 5.75 Å². The Labute approximate surface area is 156 Å². The fourth-order valence-corrected chi connectivity index (χ4v) is 3.40. The van der Waals surface area contributed by atoms with E-state index in [4.69, 9.17) is 9.15 Å². The van der Waals surface area contributed by atoms with E-state index in [1.807, 2.05) is 0 Å². The highest BCUT2D eigenvalue weighted by Gasteiger charge is 2.28. The minimum Gasteiger partial charge on any atom is -0.482 e. The predicted octanol–water partition coefficient (Wildman–Crippen LogP) is 2.64. The van der Waals surface area contributed by atoms with Gasteiger partial charge in [-0.15, -0.1) is 0 Å². The molecule has 7 nitrogen and oxygen atoms in total. The first kappa shape index (κ1) is 17.3. The van der Waals surface area contributed by atoms with Crippen molar-refractivity contribution >= 4 is 23.3 Å². The molecule has 0 spiro atoms. The van der Waals surface area contributed by atoms with Gasteiger partial charge in [0, 0.05) is 18.7 Å². The number of hydrogen-bond acceptors (Lipinski definition) is 5. The number of amides is 2. The van der Waals surface area contributed by atoms with Crippen molar-refractivity contribution in [1.82, 2.24) is 4.90 Å². The van der Waals surface area contributed by atoms with Crippen LogP contribution in [-0.4, -0.2) is 42.2 Å². The van der Waals surface area contributed by atoms with Crippen molar-refractivity contribution in [3.05, 3.63) is 47.4 Å². The summed E-state index contributed by atoms with van der Waals surface area (Å²) >= 11 is 0. The second-order valence-electron chi connectivity index (χ2n) is 6.77. The number of carbonyl (C=O) groups is 3. The molecular weight excluding hydrogens is 348 g/mol. The van der Waals surface area contributed by atoms with Crippen molar-refractivity contribution < 1.29 is 23.5 Å². The molecule has 0 saturated carbocycles. The van der Waals surface area contributed by atoms with Crippen LogP contribution in [0.15, 0.2) is 34.7 Å². The fourth-order valence-electron chi connectivity index (χ4n) is 3.40. The summed E-state index contributed by atoms with van der Waals surface area (Å²) < 4.78 is 11.2. The Morgan fingerprint density at radius 3 is 2.63 bits per heavy atom. The zero-order valence-corrected chi connectivity index (χ0v) is 15.1. The van der Waals surface area contributed by atoms with Crippen LogP contribution in [-0.2, 0) is 11.3 Å². The molecule has 3 heterocycles. The molecule has 27 heavy (non-hydrogen) atoms. The van der Waals surface area contributed by atoms with E-state index in [1.165, 1.54) is 11.8 Å². The van der Waals surface area contributed by atoms with Gasteiger partial charge < -0.3 is 14.1 Å². The van der Waals surface area contributed by atoms with Crippen LogP contribution in [0.25, 0.3) is 0 Å². The lowest BCUT2D eigenvalue weighted by Gasteiger charge is -2.29. The van der Waals surface area contributed by atoms with Crippen LogP contribution in [0.3, 0.4) is 0 Å². The van der Waals surface area contributed by atoms with Crippen LogP contribution in [0, 0.1) is 0 Å². The maximum Gasteiger partial charge on any atom is 0.289 e. The van der Waals surface area contributed by atoms with Crippen LogP contribution in [0.4, 0.5) is 5.69 Å². The Morgan fingerprint density at radius 1 is 1.11 bits per heavy atom. The van der Waals surface area contributed by atoms with E-state index < -0.39 is 0 Å². The highest BCUT2D eigenvalue weighted by Crippen LogP contribution is 2.34. The molecule has 0 bridgehead atoms. The molecule has 0 radical (unpaired) electrons. The average molecular weight is 368 g/mol. The first-order valence-corrected chi connectivity index (χ1v) is 8.99. The summed E-state index contributed by atoms with van der Waals surface area (Å²) in [5.41, 5.74) is 1.03. The van der Waals surface area contributed by atoms with Gasteiger partial charge in [-0.2, -0.15) is 0 Å². The molecule has 140 valence electrons. The lowest BCUT2D eigenvalue weighted by molar-refractivity contribution is -0.121. The minimum absolute atomic E-state index is 0.0767. The molecule has 0 N–H and O–H groups in total. The third kappa shape index (κ3) is 3.32. The summed E-state index contributed by atoms with van der Waals surface area (Å²) in [7, 11) is 0. The van der Waals surface area contributed by atoms with Crippen molar-refractivity contribution in [3.63, 3.8) is 0 Å². The van der Waals surface area contributed by atoms with Crippen LogP contribution in [0.5, 0.6) is 5.75 Å². The van der Waals surface area contributed by atoms with E-state index >= 15 is 0 Å². The summed E-state index contributed by atoms with van der Waals surface area (Å²) in [6, 6.07) is 8.37. The third-order valence-electron chi connectivity index (χ3n) is 4.89. The lowest BCUT2D eigenvalue weighted by Crippen LogP contribution is -2.38. The normalized spacial score (nSPS) is 16.3. The first-order valence-electron chi connectivity index (χ1n) is 8.99.